The van der Waals surface area contributed by atoms with Crippen molar-refractivity contribution in [3.63, 3.8) is 0 Å². The molecule has 1 aliphatic heterocycles. The second-order valence-corrected chi connectivity index (χ2v) is 4.43. The van der Waals surface area contributed by atoms with Gasteiger partial charge in [0.2, 0.25) is 0 Å². The normalized spacial score (nSPS) is 21.4. The monoisotopic (exact) mass is 275 g/mol. The van der Waals surface area contributed by atoms with Gasteiger partial charge in [0.05, 0.1) is 18.8 Å². The van der Waals surface area contributed by atoms with E-state index in [0.717, 1.165) is 0 Å². The predicted molar refractivity (Wildman–Crippen MR) is 66.4 cm³/mol. The van der Waals surface area contributed by atoms with Gasteiger partial charge in [-0.15, -0.1) is 0 Å². The van der Waals surface area contributed by atoms with Crippen molar-refractivity contribution in [1.82, 2.24) is 9.88 Å². The smallest absolute Gasteiger partial charge is 0.328 e. The highest BCUT2D eigenvalue weighted by atomic mass is 16.5. The van der Waals surface area contributed by atoms with Gasteiger partial charge in [0.25, 0.3) is 5.91 Å². The summed E-state index contributed by atoms with van der Waals surface area (Å²) in [6.45, 7) is 0.0558. The molecule has 1 aromatic heterocycles. The van der Waals surface area contributed by atoms with E-state index >= 15 is 0 Å². The fourth-order valence-corrected chi connectivity index (χ4v) is 2.13. The Morgan fingerprint density at radius 1 is 1.55 bits per heavy atom. The SMILES string of the molecule is COC(=O)C1CC(O)CN1C(=O)c1ccc(C#N)cn1. The summed E-state index contributed by atoms with van der Waals surface area (Å²) in [6.07, 6.45) is 0.670. The molecule has 0 radical (unpaired) electrons. The van der Waals surface area contributed by atoms with E-state index in [1.54, 1.807) is 0 Å². The molecule has 7 nitrogen and oxygen atoms in total. The van der Waals surface area contributed by atoms with Crippen molar-refractivity contribution >= 4 is 11.9 Å². The summed E-state index contributed by atoms with van der Waals surface area (Å²) in [4.78, 5) is 29.0. The van der Waals surface area contributed by atoms with Crippen LogP contribution in [0.2, 0.25) is 0 Å². The van der Waals surface area contributed by atoms with Crippen molar-refractivity contribution in [2.75, 3.05) is 13.7 Å². The molecule has 1 amide bonds. The zero-order chi connectivity index (χ0) is 14.7. The number of carbonyl (C=O) groups is 2. The Morgan fingerprint density at radius 3 is 2.85 bits per heavy atom. The summed E-state index contributed by atoms with van der Waals surface area (Å²) in [5.74, 6) is -1.04. The first-order valence-electron chi connectivity index (χ1n) is 6.00. The molecule has 2 heterocycles. The molecule has 2 atom stereocenters. The number of aliphatic hydroxyl groups excluding tert-OH is 1. The largest absolute Gasteiger partial charge is 0.467 e. The molecule has 1 saturated heterocycles. The molecule has 7 heteroatoms. The van der Waals surface area contributed by atoms with Crippen LogP contribution in [0.25, 0.3) is 0 Å². The second kappa shape index (κ2) is 5.67. The number of aliphatic hydroxyl groups is 1. The lowest BCUT2D eigenvalue weighted by molar-refractivity contribution is -0.145. The number of likely N-dealkylation sites (tertiary alicyclic amines) is 1. The number of carbonyl (C=O) groups excluding carboxylic acids is 2. The minimum atomic E-state index is -0.806. The predicted octanol–water partition coefficient (Wildman–Crippen LogP) is -0.298. The summed E-state index contributed by atoms with van der Waals surface area (Å²) < 4.78 is 4.63. The van der Waals surface area contributed by atoms with Crippen LogP contribution in [0.4, 0.5) is 0 Å². The van der Waals surface area contributed by atoms with Gasteiger partial charge in [-0.1, -0.05) is 0 Å². The van der Waals surface area contributed by atoms with Crippen molar-refractivity contribution in [2.24, 2.45) is 0 Å². The quantitative estimate of drug-likeness (QED) is 0.743. The Bertz CT molecular complexity index is 564. The number of amides is 1. The van der Waals surface area contributed by atoms with E-state index < -0.39 is 24.0 Å². The van der Waals surface area contributed by atoms with Crippen LogP contribution in [0, 0.1) is 11.3 Å². The highest BCUT2D eigenvalue weighted by Crippen LogP contribution is 2.21. The molecule has 1 aliphatic rings. The number of esters is 1. The summed E-state index contributed by atoms with van der Waals surface area (Å²) in [7, 11) is 1.23. The van der Waals surface area contributed by atoms with E-state index in [1.165, 1.54) is 30.3 Å². The maximum absolute atomic E-state index is 12.3. The van der Waals surface area contributed by atoms with Crippen LogP contribution in [-0.2, 0) is 9.53 Å². The van der Waals surface area contributed by atoms with Gasteiger partial charge in [-0.25, -0.2) is 9.78 Å². The molecule has 1 N–H and O–H groups in total. The molecule has 0 aromatic carbocycles. The number of aromatic nitrogens is 1. The standard InChI is InChI=1S/C13H13N3O4/c1-20-13(19)11-4-9(17)7-16(11)12(18)10-3-2-8(5-14)6-15-10/h2-3,6,9,11,17H,4,7H2,1H3. The number of nitrogens with zero attached hydrogens (tertiary/aromatic N) is 3. The molecule has 0 aliphatic carbocycles. The van der Waals surface area contributed by atoms with Crippen LogP contribution in [0.5, 0.6) is 0 Å². The Hall–Kier alpha value is -2.46. The number of hydrogen-bond acceptors (Lipinski definition) is 6. The molecule has 1 aromatic rings. The van der Waals surface area contributed by atoms with Crippen LogP contribution in [0.15, 0.2) is 18.3 Å². The van der Waals surface area contributed by atoms with Crippen LogP contribution in [0.1, 0.15) is 22.5 Å². The Balaban J connectivity index is 2.22. The summed E-state index contributed by atoms with van der Waals surface area (Å²) in [5.41, 5.74) is 0.458. The van der Waals surface area contributed by atoms with E-state index in [9.17, 15) is 14.7 Å². The van der Waals surface area contributed by atoms with Crippen LogP contribution < -0.4 is 0 Å². The highest BCUT2D eigenvalue weighted by Gasteiger charge is 2.40. The molecule has 0 bridgehead atoms. The second-order valence-electron chi connectivity index (χ2n) is 4.43. The average molecular weight is 275 g/mol. The molecule has 2 rings (SSSR count). The average Bonchev–Trinajstić information content (AvgIpc) is 2.87. The molecule has 0 spiro atoms. The first-order chi connectivity index (χ1) is 9.56. The number of nitriles is 1. The summed E-state index contributed by atoms with van der Waals surface area (Å²) in [5, 5.41) is 18.3. The third-order valence-electron chi connectivity index (χ3n) is 3.12. The van der Waals surface area contributed by atoms with Crippen LogP contribution in [0.3, 0.4) is 0 Å². The number of pyridine rings is 1. The maximum atomic E-state index is 12.3. The summed E-state index contributed by atoms with van der Waals surface area (Å²) in [6, 6.07) is 3.99. The van der Waals surface area contributed by atoms with Gasteiger partial charge >= 0.3 is 5.97 Å². The minimum Gasteiger partial charge on any atom is -0.467 e. The first kappa shape index (κ1) is 14.0. The van der Waals surface area contributed by atoms with E-state index in [4.69, 9.17) is 5.26 Å². The first-order valence-corrected chi connectivity index (χ1v) is 6.00. The van der Waals surface area contributed by atoms with Gasteiger partial charge in [-0.05, 0) is 12.1 Å². The number of ether oxygens (including phenoxy) is 1. The summed E-state index contributed by atoms with van der Waals surface area (Å²) >= 11 is 0. The molecular weight excluding hydrogens is 262 g/mol. The Labute approximate surface area is 115 Å². The van der Waals surface area contributed by atoms with Gasteiger partial charge in [0.15, 0.2) is 0 Å². The van der Waals surface area contributed by atoms with Crippen molar-refractivity contribution in [2.45, 2.75) is 18.6 Å². The fourth-order valence-electron chi connectivity index (χ4n) is 2.13. The van der Waals surface area contributed by atoms with E-state index in [0.29, 0.717) is 5.56 Å². The van der Waals surface area contributed by atoms with Gasteiger partial charge in [-0.2, -0.15) is 5.26 Å². The molecule has 1 fully saturated rings. The van der Waals surface area contributed by atoms with Gasteiger partial charge in [-0.3, -0.25) is 4.79 Å². The van der Waals surface area contributed by atoms with Crippen molar-refractivity contribution in [3.8, 4) is 6.07 Å². The fraction of sp³-hybridized carbons (Fsp3) is 0.385. The van der Waals surface area contributed by atoms with E-state index in [2.05, 4.69) is 9.72 Å². The minimum absolute atomic E-state index is 0.0558. The van der Waals surface area contributed by atoms with Gasteiger partial charge < -0.3 is 14.7 Å². The molecule has 20 heavy (non-hydrogen) atoms. The van der Waals surface area contributed by atoms with Crippen LogP contribution in [-0.4, -0.2) is 52.7 Å². The maximum Gasteiger partial charge on any atom is 0.328 e. The number of methoxy groups -OCH3 is 1. The van der Waals surface area contributed by atoms with Crippen LogP contribution >= 0.6 is 0 Å². The lowest BCUT2D eigenvalue weighted by atomic mass is 10.2. The lowest BCUT2D eigenvalue weighted by Crippen LogP contribution is -2.41. The molecule has 104 valence electrons. The third-order valence-corrected chi connectivity index (χ3v) is 3.12. The zero-order valence-electron chi connectivity index (χ0n) is 10.8. The van der Waals surface area contributed by atoms with Gasteiger partial charge in [0, 0.05) is 19.2 Å². The van der Waals surface area contributed by atoms with Gasteiger partial charge in [0.1, 0.15) is 17.8 Å². The number of rotatable bonds is 2. The van der Waals surface area contributed by atoms with E-state index in [1.807, 2.05) is 6.07 Å². The van der Waals surface area contributed by atoms with Crippen molar-refractivity contribution < 1.29 is 19.4 Å². The number of β-amino-alcohol motifs (C(OH)–C–C–N with tert-alkyl or cyclic N) is 1. The number of hydrogen-bond donors (Lipinski definition) is 1. The highest BCUT2D eigenvalue weighted by molar-refractivity contribution is 5.95. The lowest BCUT2D eigenvalue weighted by Gasteiger charge is -2.21. The molecular formula is C13H13N3O4. The zero-order valence-corrected chi connectivity index (χ0v) is 10.8. The molecule has 2 unspecified atom stereocenters. The molecule has 0 saturated carbocycles. The topological polar surface area (TPSA) is 104 Å². The Kier molecular flexibility index (Phi) is 3.96. The van der Waals surface area contributed by atoms with Crippen molar-refractivity contribution in [3.05, 3.63) is 29.6 Å². The van der Waals surface area contributed by atoms with E-state index in [-0.39, 0.29) is 18.7 Å². The third kappa shape index (κ3) is 2.60. The Morgan fingerprint density at radius 2 is 2.30 bits per heavy atom. The van der Waals surface area contributed by atoms with Crippen molar-refractivity contribution in [1.29, 1.82) is 5.26 Å².